The van der Waals surface area contributed by atoms with Crippen molar-refractivity contribution in [2.75, 3.05) is 0 Å². The predicted octanol–water partition coefficient (Wildman–Crippen LogP) is 1.14. The maximum absolute atomic E-state index is 11.4. The zero-order chi connectivity index (χ0) is 11.5. The van der Waals surface area contributed by atoms with E-state index in [9.17, 15) is 14.9 Å². The number of nitrogens with zero attached hydrogens (tertiary/aromatic N) is 3. The average Bonchev–Trinajstić information content (AvgIpc) is 2.30. The molecule has 6 heteroatoms. The summed E-state index contributed by atoms with van der Waals surface area (Å²) in [5.74, 6) is 0. The van der Waals surface area contributed by atoms with E-state index in [-0.39, 0.29) is 11.2 Å². The number of benzene rings is 1. The summed E-state index contributed by atoms with van der Waals surface area (Å²) < 4.78 is 1.17. The Labute approximate surface area is 89.9 Å². The van der Waals surface area contributed by atoms with E-state index >= 15 is 0 Å². The molecular weight excluding hydrogens is 210 g/mol. The third kappa shape index (κ3) is 1.81. The maximum atomic E-state index is 11.4. The van der Waals surface area contributed by atoms with Crippen molar-refractivity contribution in [1.29, 1.82) is 0 Å². The molecule has 1 aromatic heterocycles. The highest BCUT2D eigenvalue weighted by Crippen LogP contribution is 2.12. The van der Waals surface area contributed by atoms with Gasteiger partial charge in [-0.1, -0.05) is 0 Å². The van der Waals surface area contributed by atoms with Crippen LogP contribution in [0.2, 0.25) is 0 Å². The van der Waals surface area contributed by atoms with Crippen LogP contribution in [0.3, 0.4) is 0 Å². The number of hydrogen-bond donors (Lipinski definition) is 0. The van der Waals surface area contributed by atoms with Crippen LogP contribution in [0.15, 0.2) is 47.4 Å². The Balaban J connectivity index is 2.47. The summed E-state index contributed by atoms with van der Waals surface area (Å²) in [4.78, 5) is 21.3. The van der Waals surface area contributed by atoms with Crippen LogP contribution in [-0.4, -0.2) is 14.7 Å². The molecule has 0 fully saturated rings. The molecule has 0 saturated carbocycles. The Morgan fingerprint density at radius 3 is 2.44 bits per heavy atom. The fraction of sp³-hybridized carbons (Fsp3) is 0. The molecule has 0 aliphatic heterocycles. The van der Waals surface area contributed by atoms with Gasteiger partial charge in [-0.15, -0.1) is 0 Å². The van der Waals surface area contributed by atoms with Crippen molar-refractivity contribution in [1.82, 2.24) is 9.78 Å². The third-order valence-electron chi connectivity index (χ3n) is 2.02. The standard InChI is InChI=1S/C10H7N3O3/c14-10-2-1-7-11-12(10)8-3-5-9(6-4-8)13(15)16/h1-7H. The molecule has 0 saturated heterocycles. The first kappa shape index (κ1) is 10.0. The quantitative estimate of drug-likeness (QED) is 0.558. The summed E-state index contributed by atoms with van der Waals surface area (Å²) >= 11 is 0. The normalized spacial score (nSPS) is 10.0. The van der Waals surface area contributed by atoms with Crippen LogP contribution >= 0.6 is 0 Å². The minimum atomic E-state index is -0.495. The van der Waals surface area contributed by atoms with Gasteiger partial charge in [-0.05, 0) is 18.2 Å². The Hall–Kier alpha value is -2.50. The second kappa shape index (κ2) is 3.93. The molecule has 0 atom stereocenters. The highest BCUT2D eigenvalue weighted by Gasteiger charge is 2.05. The summed E-state index contributed by atoms with van der Waals surface area (Å²) in [5.41, 5.74) is 0.195. The third-order valence-corrected chi connectivity index (χ3v) is 2.02. The molecule has 6 nitrogen and oxygen atoms in total. The summed E-state index contributed by atoms with van der Waals surface area (Å²) in [6, 6.07) is 8.52. The van der Waals surface area contributed by atoms with E-state index < -0.39 is 4.92 Å². The van der Waals surface area contributed by atoms with Crippen molar-refractivity contribution in [3.8, 4) is 5.69 Å². The highest BCUT2D eigenvalue weighted by molar-refractivity contribution is 5.40. The van der Waals surface area contributed by atoms with Crippen molar-refractivity contribution in [2.45, 2.75) is 0 Å². The van der Waals surface area contributed by atoms with Crippen LogP contribution < -0.4 is 5.56 Å². The second-order valence-corrected chi connectivity index (χ2v) is 3.05. The molecule has 0 N–H and O–H groups in total. The van der Waals surface area contributed by atoms with Gasteiger partial charge in [0.05, 0.1) is 10.6 Å². The molecule has 1 aromatic carbocycles. The minimum absolute atomic E-state index is 0.0206. The molecule has 1 heterocycles. The van der Waals surface area contributed by atoms with Gasteiger partial charge in [-0.25, -0.2) is 0 Å². The molecule has 0 aliphatic carbocycles. The Morgan fingerprint density at radius 1 is 1.19 bits per heavy atom. The fourth-order valence-electron chi connectivity index (χ4n) is 1.27. The summed E-state index contributed by atoms with van der Waals surface area (Å²) in [7, 11) is 0. The van der Waals surface area contributed by atoms with Crippen LogP contribution in [0.5, 0.6) is 0 Å². The molecule has 16 heavy (non-hydrogen) atoms. The van der Waals surface area contributed by atoms with Gasteiger partial charge in [0.15, 0.2) is 0 Å². The van der Waals surface area contributed by atoms with Crippen LogP contribution in [0.1, 0.15) is 0 Å². The Kier molecular flexibility index (Phi) is 2.47. The molecule has 0 aliphatic rings. The second-order valence-electron chi connectivity index (χ2n) is 3.05. The predicted molar refractivity (Wildman–Crippen MR) is 56.5 cm³/mol. The molecule has 2 rings (SSSR count). The summed E-state index contributed by atoms with van der Waals surface area (Å²) in [5, 5.41) is 14.3. The van der Waals surface area contributed by atoms with Crippen molar-refractivity contribution in [3.63, 3.8) is 0 Å². The molecule has 0 unspecified atom stereocenters. The number of non-ortho nitro benzene ring substituents is 1. The first-order valence-corrected chi connectivity index (χ1v) is 4.48. The van der Waals surface area contributed by atoms with Gasteiger partial charge in [0.1, 0.15) is 0 Å². The van der Waals surface area contributed by atoms with E-state index in [1.54, 1.807) is 0 Å². The van der Waals surface area contributed by atoms with E-state index in [2.05, 4.69) is 5.10 Å². The lowest BCUT2D eigenvalue weighted by molar-refractivity contribution is -0.384. The largest absolute Gasteiger partial charge is 0.271 e. The van der Waals surface area contributed by atoms with Gasteiger partial charge in [-0.3, -0.25) is 14.9 Å². The van der Waals surface area contributed by atoms with Crippen molar-refractivity contribution >= 4 is 5.69 Å². The first-order chi connectivity index (χ1) is 7.68. The number of aromatic nitrogens is 2. The average molecular weight is 217 g/mol. The lowest BCUT2D eigenvalue weighted by Gasteiger charge is -2.01. The van der Waals surface area contributed by atoms with Gasteiger partial charge >= 0.3 is 0 Å². The number of nitro groups is 1. The minimum Gasteiger partial charge on any atom is -0.267 e. The molecule has 0 spiro atoms. The molecule has 0 radical (unpaired) electrons. The monoisotopic (exact) mass is 217 g/mol. The summed E-state index contributed by atoms with van der Waals surface area (Å²) in [6.07, 6.45) is 1.48. The van der Waals surface area contributed by atoms with E-state index in [1.807, 2.05) is 0 Å². The lowest BCUT2D eigenvalue weighted by atomic mass is 10.3. The van der Waals surface area contributed by atoms with Gasteiger partial charge in [0.2, 0.25) is 0 Å². The van der Waals surface area contributed by atoms with Crippen molar-refractivity contribution in [3.05, 3.63) is 63.1 Å². The SMILES string of the molecule is O=c1cccnn1-c1ccc([N+](=O)[O-])cc1. The highest BCUT2D eigenvalue weighted by atomic mass is 16.6. The molecule has 0 bridgehead atoms. The smallest absolute Gasteiger partial charge is 0.267 e. The lowest BCUT2D eigenvalue weighted by Crippen LogP contribution is -2.18. The molecular formula is C10H7N3O3. The molecule has 80 valence electrons. The summed E-state index contributed by atoms with van der Waals surface area (Å²) in [6.45, 7) is 0. The van der Waals surface area contributed by atoms with E-state index in [4.69, 9.17) is 0 Å². The Bertz CT molecular complexity index is 574. The first-order valence-electron chi connectivity index (χ1n) is 4.48. The maximum Gasteiger partial charge on any atom is 0.271 e. The van der Waals surface area contributed by atoms with Gasteiger partial charge in [-0.2, -0.15) is 9.78 Å². The van der Waals surface area contributed by atoms with Crippen LogP contribution in [0.4, 0.5) is 5.69 Å². The van der Waals surface area contributed by atoms with Gasteiger partial charge in [0.25, 0.3) is 11.2 Å². The zero-order valence-corrected chi connectivity index (χ0v) is 8.11. The van der Waals surface area contributed by atoms with Crippen LogP contribution in [0, 0.1) is 10.1 Å². The van der Waals surface area contributed by atoms with Gasteiger partial charge in [0, 0.05) is 24.4 Å². The number of hydrogen-bond acceptors (Lipinski definition) is 4. The van der Waals surface area contributed by atoms with E-state index in [0.717, 1.165) is 0 Å². The van der Waals surface area contributed by atoms with Crippen molar-refractivity contribution < 1.29 is 4.92 Å². The Morgan fingerprint density at radius 2 is 1.88 bits per heavy atom. The van der Waals surface area contributed by atoms with Crippen molar-refractivity contribution in [2.24, 2.45) is 0 Å². The van der Waals surface area contributed by atoms with Crippen LogP contribution in [-0.2, 0) is 0 Å². The fourth-order valence-corrected chi connectivity index (χ4v) is 1.27. The number of nitro benzene ring substituents is 1. The van der Waals surface area contributed by atoms with Crippen LogP contribution in [0.25, 0.3) is 5.69 Å². The number of rotatable bonds is 2. The molecule has 0 amide bonds. The van der Waals surface area contributed by atoms with E-state index in [0.29, 0.717) is 5.69 Å². The van der Waals surface area contributed by atoms with Gasteiger partial charge < -0.3 is 0 Å². The van der Waals surface area contributed by atoms with E-state index in [1.165, 1.54) is 47.3 Å². The molecule has 2 aromatic rings. The zero-order valence-electron chi connectivity index (χ0n) is 8.11. The topological polar surface area (TPSA) is 78.0 Å².